The second-order valence-electron chi connectivity index (χ2n) is 3.92. The molecule has 1 rings (SSSR count). The first kappa shape index (κ1) is 11.7. The lowest BCUT2D eigenvalue weighted by Gasteiger charge is -2.39. The van der Waals surface area contributed by atoms with Crippen LogP contribution in [0.4, 0.5) is 0 Å². The van der Waals surface area contributed by atoms with Gasteiger partial charge in [-0.1, -0.05) is 6.92 Å². The smallest absolute Gasteiger partial charge is 0.161 e. The maximum atomic E-state index is 11.6. The summed E-state index contributed by atoms with van der Waals surface area (Å²) in [5.41, 5.74) is -0.472. The van der Waals surface area contributed by atoms with Crippen LogP contribution in [0.15, 0.2) is 0 Å². The van der Waals surface area contributed by atoms with Crippen molar-refractivity contribution >= 4 is 5.78 Å². The molecular weight excluding hydrogens is 178 g/mol. The fraction of sp³-hybridized carbons (Fsp3) is 0.909. The van der Waals surface area contributed by atoms with Gasteiger partial charge in [-0.15, -0.1) is 0 Å². The van der Waals surface area contributed by atoms with E-state index in [2.05, 4.69) is 11.8 Å². The summed E-state index contributed by atoms with van der Waals surface area (Å²) in [5, 5.41) is 0. The zero-order valence-corrected chi connectivity index (χ0v) is 9.51. The van der Waals surface area contributed by atoms with Crippen molar-refractivity contribution in [3.8, 4) is 0 Å². The molecule has 1 saturated heterocycles. The molecule has 0 radical (unpaired) electrons. The van der Waals surface area contributed by atoms with Crippen LogP contribution in [-0.4, -0.2) is 42.5 Å². The van der Waals surface area contributed by atoms with Gasteiger partial charge in [0, 0.05) is 19.7 Å². The Balaban J connectivity index is 2.59. The Morgan fingerprint density at radius 3 is 2.29 bits per heavy atom. The molecular formula is C11H21NO2. The molecule has 0 amide bonds. The molecule has 1 aliphatic rings. The van der Waals surface area contributed by atoms with E-state index >= 15 is 0 Å². The van der Waals surface area contributed by atoms with Gasteiger partial charge in [0.2, 0.25) is 0 Å². The summed E-state index contributed by atoms with van der Waals surface area (Å²) in [6.45, 7) is 9.42. The summed E-state index contributed by atoms with van der Waals surface area (Å²) in [4.78, 5) is 13.9. The minimum Gasteiger partial charge on any atom is -0.367 e. The summed E-state index contributed by atoms with van der Waals surface area (Å²) < 4.78 is 5.65. The third kappa shape index (κ3) is 2.34. The summed E-state index contributed by atoms with van der Waals surface area (Å²) >= 11 is 0. The molecule has 0 atom stereocenters. The number of hydrogen-bond donors (Lipinski definition) is 0. The normalized spacial score (nSPS) is 22.2. The fourth-order valence-corrected chi connectivity index (χ4v) is 2.10. The Kier molecular flexibility index (Phi) is 4.08. The first-order chi connectivity index (χ1) is 6.64. The molecule has 0 aliphatic carbocycles. The highest BCUT2D eigenvalue weighted by Crippen LogP contribution is 2.27. The van der Waals surface area contributed by atoms with E-state index in [1.54, 1.807) is 6.92 Å². The minimum atomic E-state index is -0.472. The Hall–Kier alpha value is -0.410. The second-order valence-corrected chi connectivity index (χ2v) is 3.92. The first-order valence-electron chi connectivity index (χ1n) is 5.52. The number of carbonyl (C=O) groups excluding carboxylic acids is 1. The van der Waals surface area contributed by atoms with Crippen molar-refractivity contribution < 1.29 is 9.53 Å². The van der Waals surface area contributed by atoms with E-state index in [0.717, 1.165) is 32.5 Å². The number of nitrogens with zero attached hydrogens (tertiary/aromatic N) is 1. The average molecular weight is 199 g/mol. The monoisotopic (exact) mass is 199 g/mol. The topological polar surface area (TPSA) is 29.5 Å². The molecule has 1 aliphatic heterocycles. The summed E-state index contributed by atoms with van der Waals surface area (Å²) in [5.74, 6) is 0.190. The highest BCUT2D eigenvalue weighted by Gasteiger charge is 2.38. The molecule has 1 heterocycles. The van der Waals surface area contributed by atoms with Crippen molar-refractivity contribution in [1.82, 2.24) is 4.90 Å². The number of hydrogen-bond acceptors (Lipinski definition) is 3. The van der Waals surface area contributed by atoms with Crippen molar-refractivity contribution in [2.45, 2.75) is 39.2 Å². The van der Waals surface area contributed by atoms with E-state index in [0.29, 0.717) is 6.61 Å². The number of carbonyl (C=O) groups is 1. The predicted molar refractivity (Wildman–Crippen MR) is 56.4 cm³/mol. The van der Waals surface area contributed by atoms with Crippen LogP contribution < -0.4 is 0 Å². The van der Waals surface area contributed by atoms with Crippen molar-refractivity contribution in [3.05, 3.63) is 0 Å². The molecule has 0 unspecified atom stereocenters. The summed E-state index contributed by atoms with van der Waals surface area (Å²) in [6.07, 6.45) is 1.70. The number of piperidine rings is 1. The third-order valence-electron chi connectivity index (χ3n) is 3.17. The van der Waals surface area contributed by atoms with Crippen molar-refractivity contribution in [3.63, 3.8) is 0 Å². The molecule has 0 aromatic carbocycles. The summed E-state index contributed by atoms with van der Waals surface area (Å²) in [6, 6.07) is 0. The van der Waals surface area contributed by atoms with Gasteiger partial charge in [-0.3, -0.25) is 4.79 Å². The lowest BCUT2D eigenvalue weighted by atomic mass is 9.87. The van der Waals surface area contributed by atoms with Crippen LogP contribution in [0.5, 0.6) is 0 Å². The van der Waals surface area contributed by atoms with Crippen molar-refractivity contribution in [1.29, 1.82) is 0 Å². The molecule has 0 aromatic heterocycles. The Morgan fingerprint density at radius 2 is 1.93 bits per heavy atom. The molecule has 0 saturated carbocycles. The van der Waals surface area contributed by atoms with E-state index in [9.17, 15) is 4.79 Å². The zero-order chi connectivity index (χ0) is 10.6. The van der Waals surface area contributed by atoms with Crippen LogP contribution >= 0.6 is 0 Å². The molecule has 0 aromatic rings. The number of likely N-dealkylation sites (tertiary alicyclic amines) is 1. The Morgan fingerprint density at radius 1 is 1.36 bits per heavy atom. The lowest BCUT2D eigenvalue weighted by Crippen LogP contribution is -2.50. The predicted octanol–water partition coefficient (Wildman–Crippen LogP) is 1.47. The zero-order valence-electron chi connectivity index (χ0n) is 9.51. The SMILES string of the molecule is CCOC1(C(C)=O)CCN(CC)CC1. The Labute approximate surface area is 86.4 Å². The number of ketones is 1. The van der Waals surface area contributed by atoms with E-state index in [4.69, 9.17) is 4.74 Å². The number of rotatable bonds is 4. The van der Waals surface area contributed by atoms with Gasteiger partial charge in [-0.05, 0) is 33.2 Å². The average Bonchev–Trinajstić information content (AvgIpc) is 2.19. The molecule has 1 fully saturated rings. The maximum Gasteiger partial charge on any atom is 0.161 e. The van der Waals surface area contributed by atoms with Crippen LogP contribution in [0.3, 0.4) is 0 Å². The first-order valence-corrected chi connectivity index (χ1v) is 5.52. The van der Waals surface area contributed by atoms with Gasteiger partial charge in [-0.2, -0.15) is 0 Å². The highest BCUT2D eigenvalue weighted by molar-refractivity contribution is 5.85. The fourth-order valence-electron chi connectivity index (χ4n) is 2.10. The molecule has 14 heavy (non-hydrogen) atoms. The standard InChI is InChI=1S/C11H21NO2/c1-4-12-8-6-11(7-9-12,10(3)13)14-5-2/h4-9H2,1-3H3. The molecule has 3 nitrogen and oxygen atoms in total. The molecule has 0 bridgehead atoms. The van der Waals surface area contributed by atoms with Gasteiger partial charge in [0.15, 0.2) is 5.78 Å². The Bertz CT molecular complexity index is 195. The van der Waals surface area contributed by atoms with Crippen LogP contribution in [-0.2, 0) is 9.53 Å². The van der Waals surface area contributed by atoms with Crippen LogP contribution in [0.2, 0.25) is 0 Å². The lowest BCUT2D eigenvalue weighted by molar-refractivity contribution is -0.148. The number of ether oxygens (including phenoxy) is 1. The third-order valence-corrected chi connectivity index (χ3v) is 3.17. The maximum absolute atomic E-state index is 11.6. The van der Waals surface area contributed by atoms with Gasteiger partial charge in [0.05, 0.1) is 0 Å². The van der Waals surface area contributed by atoms with Gasteiger partial charge < -0.3 is 9.64 Å². The van der Waals surface area contributed by atoms with E-state index in [-0.39, 0.29) is 5.78 Å². The van der Waals surface area contributed by atoms with E-state index < -0.39 is 5.60 Å². The molecule has 0 N–H and O–H groups in total. The quantitative estimate of drug-likeness (QED) is 0.686. The van der Waals surface area contributed by atoms with Gasteiger partial charge in [-0.25, -0.2) is 0 Å². The second kappa shape index (κ2) is 4.89. The van der Waals surface area contributed by atoms with Gasteiger partial charge in [0.25, 0.3) is 0 Å². The summed E-state index contributed by atoms with van der Waals surface area (Å²) in [7, 11) is 0. The molecule has 82 valence electrons. The minimum absolute atomic E-state index is 0.190. The van der Waals surface area contributed by atoms with E-state index in [1.165, 1.54) is 0 Å². The largest absolute Gasteiger partial charge is 0.367 e. The van der Waals surface area contributed by atoms with Crippen LogP contribution in [0.1, 0.15) is 33.6 Å². The van der Waals surface area contributed by atoms with E-state index in [1.807, 2.05) is 6.92 Å². The van der Waals surface area contributed by atoms with Gasteiger partial charge in [0.1, 0.15) is 5.60 Å². The van der Waals surface area contributed by atoms with Crippen LogP contribution in [0.25, 0.3) is 0 Å². The van der Waals surface area contributed by atoms with Crippen molar-refractivity contribution in [2.24, 2.45) is 0 Å². The molecule has 0 spiro atoms. The van der Waals surface area contributed by atoms with Crippen molar-refractivity contribution in [2.75, 3.05) is 26.2 Å². The highest BCUT2D eigenvalue weighted by atomic mass is 16.5. The van der Waals surface area contributed by atoms with Crippen LogP contribution in [0, 0.1) is 0 Å². The molecule has 3 heteroatoms. The number of Topliss-reactive ketones (excluding diaryl/α,β-unsaturated/α-hetero) is 1. The van der Waals surface area contributed by atoms with Gasteiger partial charge >= 0.3 is 0 Å².